The van der Waals surface area contributed by atoms with Crippen LogP contribution in [0.2, 0.25) is 5.02 Å². The Labute approximate surface area is 205 Å². The van der Waals surface area contributed by atoms with E-state index in [-0.39, 0.29) is 28.2 Å². The molecule has 5 rings (SSSR count). The molecule has 2 saturated heterocycles. The van der Waals surface area contributed by atoms with Crippen LogP contribution in [0.25, 0.3) is 0 Å². The van der Waals surface area contributed by atoms with Crippen LogP contribution in [0, 0.1) is 0 Å². The van der Waals surface area contributed by atoms with Crippen molar-refractivity contribution in [1.82, 2.24) is 14.1 Å². The van der Waals surface area contributed by atoms with E-state index >= 15 is 0 Å². The van der Waals surface area contributed by atoms with Gasteiger partial charge >= 0.3 is 0 Å². The number of carbonyl (C=O) groups excluding carboxylic acids is 1. The zero-order valence-electron chi connectivity index (χ0n) is 18.9. The van der Waals surface area contributed by atoms with Crippen LogP contribution in [-0.2, 0) is 16.6 Å². The van der Waals surface area contributed by atoms with Gasteiger partial charge in [-0.1, -0.05) is 24.1 Å². The van der Waals surface area contributed by atoms with Gasteiger partial charge in [0.05, 0.1) is 15.5 Å². The third kappa shape index (κ3) is 4.75. The van der Waals surface area contributed by atoms with Crippen molar-refractivity contribution in [2.75, 3.05) is 46.1 Å². The van der Waals surface area contributed by atoms with Crippen molar-refractivity contribution in [2.24, 2.45) is 0 Å². The van der Waals surface area contributed by atoms with Gasteiger partial charge < -0.3 is 14.4 Å². The van der Waals surface area contributed by atoms with Crippen LogP contribution in [0.3, 0.4) is 0 Å². The molecule has 0 aliphatic carbocycles. The first-order chi connectivity index (χ1) is 16.4. The van der Waals surface area contributed by atoms with Crippen LogP contribution < -0.4 is 9.47 Å². The Morgan fingerprint density at radius 1 is 0.882 bits per heavy atom. The molecular weight excluding hydrogens is 478 g/mol. The smallest absolute Gasteiger partial charge is 0.255 e. The van der Waals surface area contributed by atoms with Crippen LogP contribution >= 0.6 is 11.6 Å². The number of hydrogen-bond acceptors (Lipinski definition) is 6. The second kappa shape index (κ2) is 9.73. The molecule has 10 heteroatoms. The Hall–Kier alpha value is -2.33. The molecule has 182 valence electrons. The minimum Gasteiger partial charge on any atom is -0.454 e. The van der Waals surface area contributed by atoms with Crippen molar-refractivity contribution in [2.45, 2.75) is 30.7 Å². The third-order valence-corrected chi connectivity index (χ3v) is 8.85. The molecule has 0 aromatic heterocycles. The summed E-state index contributed by atoms with van der Waals surface area (Å²) in [5.41, 5.74) is 1.37. The number of sulfonamides is 1. The third-order valence-electron chi connectivity index (χ3n) is 6.62. The summed E-state index contributed by atoms with van der Waals surface area (Å²) < 4.78 is 38.5. The maximum Gasteiger partial charge on any atom is 0.255 e. The Morgan fingerprint density at radius 3 is 2.38 bits per heavy atom. The summed E-state index contributed by atoms with van der Waals surface area (Å²) >= 11 is 6.34. The fourth-order valence-electron chi connectivity index (χ4n) is 4.66. The number of carbonyl (C=O) groups is 1. The van der Waals surface area contributed by atoms with Crippen molar-refractivity contribution >= 4 is 27.5 Å². The first-order valence-electron chi connectivity index (χ1n) is 11.6. The number of rotatable bonds is 5. The van der Waals surface area contributed by atoms with Crippen LogP contribution in [0.4, 0.5) is 0 Å². The Kier molecular flexibility index (Phi) is 6.70. The summed E-state index contributed by atoms with van der Waals surface area (Å²) in [6, 6.07) is 10.4. The molecule has 0 bridgehead atoms. The van der Waals surface area contributed by atoms with E-state index in [4.69, 9.17) is 21.1 Å². The van der Waals surface area contributed by atoms with Gasteiger partial charge in [-0.25, -0.2) is 8.42 Å². The molecule has 1 amide bonds. The van der Waals surface area contributed by atoms with Crippen molar-refractivity contribution in [1.29, 1.82) is 0 Å². The molecule has 8 nitrogen and oxygen atoms in total. The van der Waals surface area contributed by atoms with Gasteiger partial charge in [-0.2, -0.15) is 4.31 Å². The van der Waals surface area contributed by atoms with Gasteiger partial charge in [-0.3, -0.25) is 9.69 Å². The lowest BCUT2D eigenvalue weighted by Gasteiger charge is -2.35. The van der Waals surface area contributed by atoms with Crippen LogP contribution in [0.15, 0.2) is 41.3 Å². The lowest BCUT2D eigenvalue weighted by atomic mass is 10.1. The van der Waals surface area contributed by atoms with E-state index in [0.29, 0.717) is 39.3 Å². The molecule has 0 spiro atoms. The standard InChI is InChI=1S/C24H28ClN3O5S/c25-21-6-5-19(34(30,31)28-8-2-1-3-9-28)15-20(21)24(29)27-12-10-26(11-13-27)16-18-4-7-22-23(14-18)33-17-32-22/h4-7,14-15H,1-3,8-13,16-17H2. The average molecular weight is 506 g/mol. The maximum atomic E-state index is 13.3. The van der Waals surface area contributed by atoms with E-state index in [0.717, 1.165) is 42.9 Å². The van der Waals surface area contributed by atoms with Crippen LogP contribution in [0.5, 0.6) is 11.5 Å². The molecule has 3 aliphatic rings. The highest BCUT2D eigenvalue weighted by Gasteiger charge is 2.29. The summed E-state index contributed by atoms with van der Waals surface area (Å²) in [5.74, 6) is 1.30. The summed E-state index contributed by atoms with van der Waals surface area (Å²) in [5, 5.41) is 0.269. The lowest BCUT2D eigenvalue weighted by molar-refractivity contribution is 0.0628. The Balaban J connectivity index is 1.24. The second-order valence-electron chi connectivity index (χ2n) is 8.86. The molecule has 0 atom stereocenters. The minimum atomic E-state index is -3.64. The highest BCUT2D eigenvalue weighted by atomic mass is 35.5. The fourth-order valence-corrected chi connectivity index (χ4v) is 6.40. The molecule has 3 heterocycles. The zero-order valence-corrected chi connectivity index (χ0v) is 20.5. The molecule has 2 aromatic carbocycles. The summed E-state index contributed by atoms with van der Waals surface area (Å²) in [6.07, 6.45) is 2.75. The van der Waals surface area contributed by atoms with E-state index in [2.05, 4.69) is 4.90 Å². The molecule has 0 unspecified atom stereocenters. The predicted octanol–water partition coefficient (Wildman–Crippen LogP) is 3.20. The van der Waals surface area contributed by atoms with Crippen LogP contribution in [-0.4, -0.2) is 74.5 Å². The van der Waals surface area contributed by atoms with Crippen molar-refractivity contribution in [3.8, 4) is 11.5 Å². The zero-order chi connectivity index (χ0) is 23.7. The topological polar surface area (TPSA) is 79.4 Å². The monoisotopic (exact) mass is 505 g/mol. The van der Waals surface area contributed by atoms with Crippen LogP contribution in [0.1, 0.15) is 35.2 Å². The molecular formula is C24H28ClN3O5S. The van der Waals surface area contributed by atoms with E-state index in [1.807, 2.05) is 18.2 Å². The summed E-state index contributed by atoms with van der Waals surface area (Å²) in [4.78, 5) is 17.4. The predicted molar refractivity (Wildman–Crippen MR) is 128 cm³/mol. The molecule has 3 aliphatic heterocycles. The van der Waals surface area contributed by atoms with Crippen molar-refractivity contribution < 1.29 is 22.7 Å². The van der Waals surface area contributed by atoms with Gasteiger partial charge in [0.2, 0.25) is 16.8 Å². The van der Waals surface area contributed by atoms with Gasteiger partial charge in [0.15, 0.2) is 11.5 Å². The van der Waals surface area contributed by atoms with Crippen molar-refractivity contribution in [3.63, 3.8) is 0 Å². The minimum absolute atomic E-state index is 0.128. The Bertz CT molecular complexity index is 1180. The Morgan fingerprint density at radius 2 is 1.62 bits per heavy atom. The molecule has 0 N–H and O–H groups in total. The number of halogens is 1. The van der Waals surface area contributed by atoms with Gasteiger partial charge in [0.25, 0.3) is 5.91 Å². The maximum absolute atomic E-state index is 13.3. The first kappa shape index (κ1) is 23.4. The van der Waals surface area contributed by atoms with Gasteiger partial charge in [-0.15, -0.1) is 0 Å². The highest BCUT2D eigenvalue weighted by Crippen LogP contribution is 2.33. The van der Waals surface area contributed by atoms with Crippen molar-refractivity contribution in [3.05, 3.63) is 52.5 Å². The number of piperidine rings is 1. The molecule has 34 heavy (non-hydrogen) atoms. The van der Waals surface area contributed by atoms with E-state index in [9.17, 15) is 13.2 Å². The number of hydrogen-bond donors (Lipinski definition) is 0. The number of piperazine rings is 1. The number of nitrogens with zero attached hydrogens (tertiary/aromatic N) is 3. The second-order valence-corrected chi connectivity index (χ2v) is 11.2. The first-order valence-corrected chi connectivity index (χ1v) is 13.4. The molecule has 2 aromatic rings. The van der Waals surface area contributed by atoms with Gasteiger partial charge in [0.1, 0.15) is 0 Å². The number of benzene rings is 2. The lowest BCUT2D eigenvalue weighted by Crippen LogP contribution is -2.48. The summed E-state index contributed by atoms with van der Waals surface area (Å²) in [7, 11) is -3.64. The SMILES string of the molecule is O=C(c1cc(S(=O)(=O)N2CCCCC2)ccc1Cl)N1CCN(Cc2ccc3c(c2)OCO3)CC1. The van der Waals surface area contributed by atoms with Gasteiger partial charge in [-0.05, 0) is 48.7 Å². The normalized spacial score (nSPS) is 19.4. The molecule has 2 fully saturated rings. The summed E-state index contributed by atoms with van der Waals surface area (Å²) in [6.45, 7) is 4.55. The van der Waals surface area contributed by atoms with Gasteiger partial charge in [0, 0.05) is 45.8 Å². The van der Waals surface area contributed by atoms with E-state index in [1.165, 1.54) is 22.5 Å². The number of amides is 1. The van der Waals surface area contributed by atoms with E-state index < -0.39 is 10.0 Å². The quantitative estimate of drug-likeness (QED) is 0.621. The average Bonchev–Trinajstić information content (AvgIpc) is 3.33. The molecule has 0 radical (unpaired) electrons. The molecule has 0 saturated carbocycles. The largest absolute Gasteiger partial charge is 0.454 e. The van der Waals surface area contributed by atoms with E-state index in [1.54, 1.807) is 4.90 Å². The number of ether oxygens (including phenoxy) is 2. The fraction of sp³-hybridized carbons (Fsp3) is 0.458. The number of fused-ring (bicyclic) bond motifs is 1. The highest BCUT2D eigenvalue weighted by molar-refractivity contribution is 7.89.